The van der Waals surface area contributed by atoms with Crippen LogP contribution in [-0.4, -0.2) is 41.3 Å². The first-order valence-corrected chi connectivity index (χ1v) is 10.7. The van der Waals surface area contributed by atoms with Crippen molar-refractivity contribution in [2.75, 3.05) is 13.1 Å². The summed E-state index contributed by atoms with van der Waals surface area (Å²) in [4.78, 5) is 16.6. The van der Waals surface area contributed by atoms with Crippen molar-refractivity contribution in [1.29, 1.82) is 0 Å². The zero-order valence-corrected chi connectivity index (χ0v) is 16.5. The lowest BCUT2D eigenvalue weighted by atomic mass is 9.99. The summed E-state index contributed by atoms with van der Waals surface area (Å²) in [5.41, 5.74) is 1.02. The van der Waals surface area contributed by atoms with E-state index in [0.717, 1.165) is 5.56 Å². The smallest absolute Gasteiger partial charge is 0.262 e. The van der Waals surface area contributed by atoms with Crippen LogP contribution >= 0.6 is 0 Å². The fourth-order valence-corrected chi connectivity index (χ4v) is 4.62. The average molecular weight is 391 g/mol. The molecule has 1 fully saturated rings. The van der Waals surface area contributed by atoms with E-state index in [9.17, 15) is 13.2 Å². The Morgan fingerprint density at radius 3 is 2.70 bits per heavy atom. The van der Waals surface area contributed by atoms with Gasteiger partial charge in [0.15, 0.2) is 5.03 Å². The molecule has 146 valence electrons. The molecule has 0 saturated carbocycles. The predicted molar refractivity (Wildman–Crippen MR) is 102 cm³/mol. The van der Waals surface area contributed by atoms with Gasteiger partial charge in [0.2, 0.25) is 5.91 Å². The molecule has 1 N–H and O–H groups in total. The van der Waals surface area contributed by atoms with Gasteiger partial charge in [-0.15, -0.1) is 0 Å². The molecule has 2 aromatic rings. The highest BCUT2D eigenvalue weighted by atomic mass is 32.2. The van der Waals surface area contributed by atoms with Crippen molar-refractivity contribution in [2.45, 2.75) is 44.3 Å². The molecule has 0 unspecified atom stereocenters. The zero-order chi connectivity index (χ0) is 19.4. The van der Waals surface area contributed by atoms with E-state index in [1.807, 2.05) is 44.2 Å². The van der Waals surface area contributed by atoms with Crippen LogP contribution in [0.15, 0.2) is 47.9 Å². The highest BCUT2D eigenvalue weighted by Crippen LogP contribution is 2.23. The number of carbonyl (C=O) groups is 1. The molecule has 1 aromatic heterocycles. The van der Waals surface area contributed by atoms with E-state index in [4.69, 9.17) is 0 Å². The first-order chi connectivity index (χ1) is 12.9. The minimum absolute atomic E-state index is 0.0431. The van der Waals surface area contributed by atoms with E-state index in [-0.39, 0.29) is 29.4 Å². The van der Waals surface area contributed by atoms with E-state index < -0.39 is 10.0 Å². The second-order valence-electron chi connectivity index (χ2n) is 7.16. The average Bonchev–Trinajstić information content (AvgIpc) is 3.18. The molecule has 7 nitrogen and oxygen atoms in total. The molecule has 1 aromatic carbocycles. The largest absolute Gasteiger partial charge is 0.352 e. The van der Waals surface area contributed by atoms with Crippen LogP contribution in [0.1, 0.15) is 38.3 Å². The van der Waals surface area contributed by atoms with Crippen molar-refractivity contribution in [3.05, 3.63) is 48.4 Å². The van der Waals surface area contributed by atoms with Gasteiger partial charge in [0, 0.05) is 31.9 Å². The normalized spacial score (nSPS) is 18.6. The Labute approximate surface area is 160 Å². The maximum atomic E-state index is 12.9. The molecule has 1 amide bonds. The molecule has 1 atom stereocenters. The molecule has 27 heavy (non-hydrogen) atoms. The molecule has 3 rings (SSSR count). The second kappa shape index (κ2) is 8.22. The van der Waals surface area contributed by atoms with Gasteiger partial charge in [0.1, 0.15) is 0 Å². The van der Waals surface area contributed by atoms with Gasteiger partial charge in [-0.1, -0.05) is 30.3 Å². The number of amides is 1. The van der Waals surface area contributed by atoms with Gasteiger partial charge in [0.05, 0.1) is 12.2 Å². The lowest BCUT2D eigenvalue weighted by Gasteiger charge is -2.30. The Morgan fingerprint density at radius 2 is 2.04 bits per heavy atom. The van der Waals surface area contributed by atoms with E-state index in [1.54, 1.807) is 10.8 Å². The van der Waals surface area contributed by atoms with Crippen LogP contribution < -0.4 is 5.32 Å². The van der Waals surface area contributed by atoms with Gasteiger partial charge >= 0.3 is 0 Å². The quantitative estimate of drug-likeness (QED) is 0.819. The maximum absolute atomic E-state index is 12.9. The van der Waals surface area contributed by atoms with Crippen LogP contribution in [-0.2, 0) is 21.4 Å². The number of rotatable bonds is 6. The van der Waals surface area contributed by atoms with E-state index in [1.165, 1.54) is 10.6 Å². The first-order valence-electron chi connectivity index (χ1n) is 9.23. The molecule has 0 bridgehead atoms. The lowest BCUT2D eigenvalue weighted by molar-refractivity contribution is -0.126. The third-order valence-electron chi connectivity index (χ3n) is 4.84. The molecular weight excluding hydrogens is 364 g/mol. The number of nitrogens with zero attached hydrogens (tertiary/aromatic N) is 3. The van der Waals surface area contributed by atoms with Gasteiger partial charge in [0.25, 0.3) is 10.0 Å². The second-order valence-corrected chi connectivity index (χ2v) is 9.04. The fourth-order valence-electron chi connectivity index (χ4n) is 3.17. The summed E-state index contributed by atoms with van der Waals surface area (Å²) in [6.45, 7) is 4.98. The zero-order valence-electron chi connectivity index (χ0n) is 15.7. The summed E-state index contributed by atoms with van der Waals surface area (Å²) in [5, 5.41) is 2.96. The Hall–Kier alpha value is -2.19. The van der Waals surface area contributed by atoms with Crippen molar-refractivity contribution in [2.24, 2.45) is 5.92 Å². The van der Waals surface area contributed by atoms with Crippen molar-refractivity contribution in [3.63, 3.8) is 0 Å². The van der Waals surface area contributed by atoms with E-state index in [0.29, 0.717) is 25.9 Å². The van der Waals surface area contributed by atoms with E-state index >= 15 is 0 Å². The Bertz CT molecular complexity index is 877. The SMILES string of the molecule is CC(C)n1cnc(S(=O)(=O)N2CCC[C@@H](C(=O)NCc3ccccc3)C2)c1. The molecule has 8 heteroatoms. The van der Waals surface area contributed by atoms with E-state index in [2.05, 4.69) is 10.3 Å². The minimum atomic E-state index is -3.69. The maximum Gasteiger partial charge on any atom is 0.262 e. The van der Waals surface area contributed by atoms with Crippen LogP contribution in [0.3, 0.4) is 0 Å². The highest BCUT2D eigenvalue weighted by molar-refractivity contribution is 7.89. The molecular formula is C19H26N4O3S. The highest BCUT2D eigenvalue weighted by Gasteiger charge is 2.34. The molecule has 1 aliphatic heterocycles. The van der Waals surface area contributed by atoms with Crippen molar-refractivity contribution in [3.8, 4) is 0 Å². The van der Waals surface area contributed by atoms with Gasteiger partial charge in [-0.25, -0.2) is 13.4 Å². The summed E-state index contributed by atoms with van der Waals surface area (Å²) >= 11 is 0. The molecule has 2 heterocycles. The van der Waals surface area contributed by atoms with Gasteiger partial charge in [-0.3, -0.25) is 4.79 Å². The Morgan fingerprint density at radius 1 is 1.30 bits per heavy atom. The fraction of sp³-hybridized carbons (Fsp3) is 0.474. The monoisotopic (exact) mass is 390 g/mol. The number of aromatic nitrogens is 2. The number of hydrogen-bond acceptors (Lipinski definition) is 4. The number of sulfonamides is 1. The number of nitrogens with one attached hydrogen (secondary N) is 1. The van der Waals surface area contributed by atoms with Crippen LogP contribution in [0.5, 0.6) is 0 Å². The van der Waals surface area contributed by atoms with Gasteiger partial charge < -0.3 is 9.88 Å². The Balaban J connectivity index is 1.64. The third-order valence-corrected chi connectivity index (χ3v) is 6.59. The van der Waals surface area contributed by atoms with Crippen LogP contribution in [0.2, 0.25) is 0 Å². The molecule has 0 aliphatic carbocycles. The summed E-state index contributed by atoms with van der Waals surface area (Å²) in [5.74, 6) is -0.448. The third kappa shape index (κ3) is 4.56. The van der Waals surface area contributed by atoms with Crippen LogP contribution in [0, 0.1) is 5.92 Å². The number of benzene rings is 1. The lowest BCUT2D eigenvalue weighted by Crippen LogP contribution is -2.45. The summed E-state index contributed by atoms with van der Waals surface area (Å²) in [6, 6.07) is 9.81. The number of piperidine rings is 1. The number of hydrogen-bond donors (Lipinski definition) is 1. The molecule has 1 saturated heterocycles. The van der Waals surface area contributed by atoms with Crippen molar-refractivity contribution in [1.82, 2.24) is 19.2 Å². The summed E-state index contributed by atoms with van der Waals surface area (Å²) < 4.78 is 28.9. The summed E-state index contributed by atoms with van der Waals surface area (Å²) in [6.07, 6.45) is 4.44. The van der Waals surface area contributed by atoms with Crippen LogP contribution in [0.4, 0.5) is 0 Å². The van der Waals surface area contributed by atoms with Gasteiger partial charge in [-0.05, 0) is 32.3 Å². The first kappa shape index (κ1) is 19.6. The Kier molecular flexibility index (Phi) is 5.96. The predicted octanol–water partition coefficient (Wildman–Crippen LogP) is 2.18. The van der Waals surface area contributed by atoms with Crippen molar-refractivity contribution < 1.29 is 13.2 Å². The van der Waals surface area contributed by atoms with Crippen molar-refractivity contribution >= 4 is 15.9 Å². The molecule has 1 aliphatic rings. The molecule has 0 spiro atoms. The topological polar surface area (TPSA) is 84.3 Å². The van der Waals surface area contributed by atoms with Gasteiger partial charge in [-0.2, -0.15) is 4.31 Å². The molecule has 0 radical (unpaired) electrons. The minimum Gasteiger partial charge on any atom is -0.352 e. The van der Waals surface area contributed by atoms with Crippen LogP contribution in [0.25, 0.3) is 0 Å². The summed E-state index contributed by atoms with van der Waals surface area (Å²) in [7, 11) is -3.69. The number of imidazole rings is 1. The standard InChI is InChI=1S/C19H26N4O3S/c1-15(2)22-13-18(21-14-22)27(25,26)23-10-6-9-17(12-23)19(24)20-11-16-7-4-3-5-8-16/h3-5,7-8,13-15,17H,6,9-12H2,1-2H3,(H,20,24)/t17-/m1/s1. The number of carbonyl (C=O) groups excluding carboxylic acids is 1.